The van der Waals surface area contributed by atoms with Crippen molar-refractivity contribution in [2.24, 2.45) is 0 Å². The molecule has 2 aromatic carbocycles. The molecule has 3 rings (SSSR count). The molecule has 6 nitrogen and oxygen atoms in total. The van der Waals surface area contributed by atoms with Crippen LogP contribution in [0.1, 0.15) is 10.4 Å². The van der Waals surface area contributed by atoms with Crippen molar-refractivity contribution in [2.75, 3.05) is 32.0 Å². The Morgan fingerprint density at radius 3 is 2.67 bits per heavy atom. The summed E-state index contributed by atoms with van der Waals surface area (Å²) < 4.78 is 0. The maximum Gasteiger partial charge on any atom is 0.253 e. The number of fused-ring (bicyclic) bond motifs is 2. The number of nitrogens with zero attached hydrogens (tertiary/aromatic N) is 1. The van der Waals surface area contributed by atoms with Gasteiger partial charge in [0.1, 0.15) is 0 Å². The van der Waals surface area contributed by atoms with Crippen molar-refractivity contribution in [3.05, 3.63) is 48.0 Å². The van der Waals surface area contributed by atoms with Crippen LogP contribution in [-0.2, 0) is 0 Å². The number of para-hydroxylation sites is 2. The molecule has 0 spiro atoms. The number of amides is 1. The van der Waals surface area contributed by atoms with E-state index in [4.69, 9.17) is 10.8 Å². The smallest absolute Gasteiger partial charge is 0.253 e. The molecular weight excluding hydrogens is 304 g/mol. The van der Waals surface area contributed by atoms with Crippen molar-refractivity contribution >= 4 is 33.4 Å². The number of rotatable bonds is 6. The molecule has 0 fully saturated rings. The van der Waals surface area contributed by atoms with Crippen LogP contribution in [0.3, 0.4) is 0 Å². The lowest BCUT2D eigenvalue weighted by atomic mass is 10.0. The molecule has 0 bridgehead atoms. The maximum absolute atomic E-state index is 12.5. The Kier molecular flexibility index (Phi) is 4.88. The van der Waals surface area contributed by atoms with Crippen molar-refractivity contribution in [1.29, 1.82) is 0 Å². The SMILES string of the molecule is Nc1c2ccccc2nc2c(C(=O)NCCNCCO)cccc12. The van der Waals surface area contributed by atoms with E-state index in [1.165, 1.54) is 0 Å². The van der Waals surface area contributed by atoms with E-state index in [1.807, 2.05) is 36.4 Å². The summed E-state index contributed by atoms with van der Waals surface area (Å²) >= 11 is 0. The average molecular weight is 324 g/mol. The number of carbonyl (C=O) groups is 1. The van der Waals surface area contributed by atoms with E-state index in [9.17, 15) is 4.79 Å². The van der Waals surface area contributed by atoms with Crippen LogP contribution in [0, 0.1) is 0 Å². The number of aliphatic hydroxyl groups is 1. The van der Waals surface area contributed by atoms with Crippen LogP contribution in [0.2, 0.25) is 0 Å². The van der Waals surface area contributed by atoms with Gasteiger partial charge in [-0.15, -0.1) is 0 Å². The van der Waals surface area contributed by atoms with Gasteiger partial charge in [0.15, 0.2) is 0 Å². The fourth-order valence-corrected chi connectivity index (χ4v) is 2.69. The number of carbonyl (C=O) groups excluding carboxylic acids is 1. The van der Waals surface area contributed by atoms with Crippen LogP contribution in [0.5, 0.6) is 0 Å². The molecule has 5 N–H and O–H groups in total. The number of nitrogen functional groups attached to an aromatic ring is 1. The van der Waals surface area contributed by atoms with Gasteiger partial charge in [-0.05, 0) is 12.1 Å². The lowest BCUT2D eigenvalue weighted by Gasteiger charge is -2.11. The molecule has 0 aliphatic carbocycles. The van der Waals surface area contributed by atoms with Gasteiger partial charge >= 0.3 is 0 Å². The van der Waals surface area contributed by atoms with Crippen LogP contribution in [0.4, 0.5) is 5.69 Å². The average Bonchev–Trinajstić information content (AvgIpc) is 2.61. The van der Waals surface area contributed by atoms with Crippen LogP contribution >= 0.6 is 0 Å². The van der Waals surface area contributed by atoms with Gasteiger partial charge in [0.2, 0.25) is 0 Å². The highest BCUT2D eigenvalue weighted by molar-refractivity contribution is 6.13. The summed E-state index contributed by atoms with van der Waals surface area (Å²) in [6.07, 6.45) is 0. The van der Waals surface area contributed by atoms with E-state index in [-0.39, 0.29) is 12.5 Å². The third kappa shape index (κ3) is 3.15. The zero-order valence-corrected chi connectivity index (χ0v) is 13.2. The number of hydrogen-bond acceptors (Lipinski definition) is 5. The third-order valence-corrected chi connectivity index (χ3v) is 3.87. The summed E-state index contributed by atoms with van der Waals surface area (Å²) in [6.45, 7) is 1.65. The summed E-state index contributed by atoms with van der Waals surface area (Å²) in [5.41, 5.74) is 8.79. The normalized spacial score (nSPS) is 11.0. The Bertz CT molecular complexity index is 879. The number of aliphatic hydroxyl groups excluding tert-OH is 1. The lowest BCUT2D eigenvalue weighted by Crippen LogP contribution is -2.33. The van der Waals surface area contributed by atoms with Crippen molar-refractivity contribution in [2.45, 2.75) is 0 Å². The largest absolute Gasteiger partial charge is 0.398 e. The van der Waals surface area contributed by atoms with E-state index >= 15 is 0 Å². The van der Waals surface area contributed by atoms with E-state index in [1.54, 1.807) is 6.07 Å². The molecule has 0 aliphatic heterocycles. The zero-order valence-electron chi connectivity index (χ0n) is 13.2. The minimum Gasteiger partial charge on any atom is -0.398 e. The third-order valence-electron chi connectivity index (χ3n) is 3.87. The van der Waals surface area contributed by atoms with Crippen molar-refractivity contribution in [3.8, 4) is 0 Å². The monoisotopic (exact) mass is 324 g/mol. The van der Waals surface area contributed by atoms with E-state index in [0.717, 1.165) is 16.3 Å². The van der Waals surface area contributed by atoms with Gasteiger partial charge in [-0.1, -0.05) is 30.3 Å². The Labute approximate surface area is 139 Å². The summed E-state index contributed by atoms with van der Waals surface area (Å²) in [7, 11) is 0. The number of hydrogen-bond donors (Lipinski definition) is 4. The summed E-state index contributed by atoms with van der Waals surface area (Å²) in [5, 5.41) is 16.2. The van der Waals surface area contributed by atoms with Gasteiger partial charge in [-0.2, -0.15) is 0 Å². The van der Waals surface area contributed by atoms with Crippen molar-refractivity contribution in [1.82, 2.24) is 15.6 Å². The van der Waals surface area contributed by atoms with E-state index in [2.05, 4.69) is 15.6 Å². The highest BCUT2D eigenvalue weighted by atomic mass is 16.3. The molecule has 0 saturated heterocycles. The molecule has 1 aromatic heterocycles. The number of benzene rings is 2. The van der Waals surface area contributed by atoms with E-state index in [0.29, 0.717) is 36.4 Å². The van der Waals surface area contributed by atoms with Gasteiger partial charge in [0.05, 0.1) is 28.9 Å². The fraction of sp³-hybridized carbons (Fsp3) is 0.222. The van der Waals surface area contributed by atoms with Crippen molar-refractivity contribution < 1.29 is 9.90 Å². The molecule has 3 aromatic rings. The van der Waals surface area contributed by atoms with E-state index < -0.39 is 0 Å². The first-order chi connectivity index (χ1) is 11.7. The fourth-order valence-electron chi connectivity index (χ4n) is 2.69. The first kappa shape index (κ1) is 16.2. The summed E-state index contributed by atoms with van der Waals surface area (Å²) in [6, 6.07) is 13.1. The molecule has 1 amide bonds. The van der Waals surface area contributed by atoms with Gasteiger partial charge in [0.25, 0.3) is 5.91 Å². The maximum atomic E-state index is 12.5. The van der Waals surface area contributed by atoms with Crippen LogP contribution in [0.25, 0.3) is 21.8 Å². The first-order valence-corrected chi connectivity index (χ1v) is 7.89. The second-order valence-corrected chi connectivity index (χ2v) is 5.47. The minimum absolute atomic E-state index is 0.0769. The first-order valence-electron chi connectivity index (χ1n) is 7.89. The molecule has 0 saturated carbocycles. The molecule has 124 valence electrons. The summed E-state index contributed by atoms with van der Waals surface area (Å²) in [4.78, 5) is 17.1. The Morgan fingerprint density at radius 2 is 1.83 bits per heavy atom. The number of nitrogens with one attached hydrogen (secondary N) is 2. The predicted molar refractivity (Wildman–Crippen MR) is 96.0 cm³/mol. The van der Waals surface area contributed by atoms with Crippen LogP contribution < -0.4 is 16.4 Å². The van der Waals surface area contributed by atoms with Crippen molar-refractivity contribution in [3.63, 3.8) is 0 Å². The number of nitrogens with two attached hydrogens (primary N) is 1. The standard InChI is InChI=1S/C18H20N4O2/c19-16-12-4-1-2-7-15(12)22-17-13(16)5-3-6-14(17)18(24)21-9-8-20-10-11-23/h1-7,20,23H,8-11H2,(H2,19,22)(H,21,24). The molecule has 0 aliphatic rings. The second-order valence-electron chi connectivity index (χ2n) is 5.47. The van der Waals surface area contributed by atoms with Gasteiger partial charge in [0, 0.05) is 30.4 Å². The summed E-state index contributed by atoms with van der Waals surface area (Å²) in [5.74, 6) is -0.187. The lowest BCUT2D eigenvalue weighted by molar-refractivity contribution is 0.0955. The van der Waals surface area contributed by atoms with Crippen LogP contribution in [-0.4, -0.2) is 42.2 Å². The molecule has 6 heteroatoms. The second kappa shape index (κ2) is 7.25. The molecular formula is C18H20N4O2. The van der Waals surface area contributed by atoms with Gasteiger partial charge in [-0.25, -0.2) is 4.98 Å². The molecule has 0 atom stereocenters. The van der Waals surface area contributed by atoms with Gasteiger partial charge in [-0.3, -0.25) is 4.79 Å². The minimum atomic E-state index is -0.187. The quantitative estimate of drug-likeness (QED) is 0.404. The predicted octanol–water partition coefficient (Wildman–Crippen LogP) is 1.28. The molecule has 1 heterocycles. The zero-order chi connectivity index (χ0) is 16.9. The number of aromatic nitrogens is 1. The van der Waals surface area contributed by atoms with Crippen LogP contribution in [0.15, 0.2) is 42.5 Å². The molecule has 24 heavy (non-hydrogen) atoms. The number of anilines is 1. The highest BCUT2D eigenvalue weighted by Crippen LogP contribution is 2.29. The Morgan fingerprint density at radius 1 is 1.04 bits per heavy atom. The Hall–Kier alpha value is -2.70. The number of pyridine rings is 1. The molecule has 0 unspecified atom stereocenters. The Balaban J connectivity index is 1.92. The highest BCUT2D eigenvalue weighted by Gasteiger charge is 2.14. The molecule has 0 radical (unpaired) electrons. The van der Waals surface area contributed by atoms with Gasteiger partial charge < -0.3 is 21.5 Å². The topological polar surface area (TPSA) is 100 Å².